The van der Waals surface area contributed by atoms with Crippen molar-refractivity contribution in [1.29, 1.82) is 5.26 Å². The Morgan fingerprint density at radius 2 is 1.42 bits per heavy atom. The molecule has 4 N–H and O–H groups in total. The van der Waals surface area contributed by atoms with E-state index in [1.165, 1.54) is 91.7 Å². The number of esters is 4. The Balaban J connectivity index is 0.000000251. The molecule has 4 aromatic rings. The third-order valence-electron chi connectivity index (χ3n) is 10.8. The first-order valence-corrected chi connectivity index (χ1v) is 22.7. The molecule has 366 valence electrons. The van der Waals surface area contributed by atoms with E-state index in [1.807, 2.05) is 17.5 Å². The number of allylic oxidation sites excluding steroid dienone is 2. The summed E-state index contributed by atoms with van der Waals surface area (Å²) < 4.78 is 41.8. The fourth-order valence-corrected chi connectivity index (χ4v) is 9.30. The van der Waals surface area contributed by atoms with Gasteiger partial charge in [0.05, 0.1) is 68.0 Å². The van der Waals surface area contributed by atoms with Crippen molar-refractivity contribution in [2.24, 2.45) is 17.6 Å². The summed E-state index contributed by atoms with van der Waals surface area (Å²) in [6, 6.07) is 12.8. The van der Waals surface area contributed by atoms with Crippen molar-refractivity contribution in [2.45, 2.75) is 44.2 Å². The van der Waals surface area contributed by atoms with Crippen molar-refractivity contribution in [1.82, 2.24) is 5.32 Å². The van der Waals surface area contributed by atoms with Gasteiger partial charge in [-0.15, -0.1) is 11.3 Å². The summed E-state index contributed by atoms with van der Waals surface area (Å²) >= 11 is 2.77. The number of rotatable bonds is 15. The van der Waals surface area contributed by atoms with Gasteiger partial charge in [0.25, 0.3) is 0 Å². The number of aliphatic hydroxyl groups excluding tert-OH is 1. The van der Waals surface area contributed by atoms with Crippen LogP contribution in [0, 0.1) is 29.7 Å². The van der Waals surface area contributed by atoms with Crippen LogP contribution in [0.25, 0.3) is 31.1 Å². The predicted molar refractivity (Wildman–Crippen MR) is 257 cm³/mol. The molecule has 2 fully saturated rings. The van der Waals surface area contributed by atoms with E-state index in [-0.39, 0.29) is 23.0 Å². The number of benzene rings is 2. The zero-order valence-corrected chi connectivity index (χ0v) is 41.2. The highest BCUT2D eigenvalue weighted by Crippen LogP contribution is 2.50. The van der Waals surface area contributed by atoms with Crippen molar-refractivity contribution in [3.63, 3.8) is 0 Å². The Morgan fingerprint density at radius 1 is 0.812 bits per heavy atom. The van der Waals surface area contributed by atoms with Gasteiger partial charge in [-0.3, -0.25) is 4.79 Å². The fraction of sp³-hybridized carbons (Fsp3) is 0.367. The Labute approximate surface area is 407 Å². The molecule has 0 radical (unpaired) electrons. The maximum absolute atomic E-state index is 13.2. The van der Waals surface area contributed by atoms with E-state index in [4.69, 9.17) is 55.8 Å². The van der Waals surface area contributed by atoms with Crippen LogP contribution >= 0.6 is 22.7 Å². The van der Waals surface area contributed by atoms with Gasteiger partial charge in [-0.25, -0.2) is 24.0 Å². The fourth-order valence-electron chi connectivity index (χ4n) is 7.25. The topological polar surface area (TPSA) is 246 Å². The lowest BCUT2D eigenvalue weighted by Gasteiger charge is -2.34. The molecule has 2 aromatic carbocycles. The second-order valence-electron chi connectivity index (χ2n) is 14.9. The third-order valence-corrected chi connectivity index (χ3v) is 12.9. The van der Waals surface area contributed by atoms with Crippen LogP contribution in [0.1, 0.15) is 48.3 Å². The van der Waals surface area contributed by atoms with Gasteiger partial charge in [0, 0.05) is 63.1 Å². The minimum atomic E-state index is -1.20. The maximum Gasteiger partial charge on any atom is 0.341 e. The third kappa shape index (κ3) is 12.9. The average molecular weight is 987 g/mol. The zero-order valence-electron chi connectivity index (χ0n) is 39.5. The van der Waals surface area contributed by atoms with Gasteiger partial charge in [-0.1, -0.05) is 30.3 Å². The first-order chi connectivity index (χ1) is 33.3. The van der Waals surface area contributed by atoms with Crippen molar-refractivity contribution in [3.8, 4) is 6.07 Å². The number of methoxy groups -OCH3 is 8. The number of nitrogens with two attached hydrogens (primary N) is 1. The molecule has 1 aliphatic heterocycles. The number of nitrogens with one attached hydrogen (secondary N) is 1. The summed E-state index contributed by atoms with van der Waals surface area (Å²) in [5.74, 6) is -3.12. The molecule has 20 heteroatoms. The molecule has 0 bridgehead atoms. The molecular weight excluding hydrogens is 933 g/mol. The molecule has 0 saturated heterocycles. The normalized spacial score (nSPS) is 15.6. The van der Waals surface area contributed by atoms with E-state index in [1.54, 1.807) is 29.6 Å². The van der Waals surface area contributed by atoms with Gasteiger partial charge in [0.2, 0.25) is 17.8 Å². The smallest absolute Gasteiger partial charge is 0.341 e. The van der Waals surface area contributed by atoms with E-state index < -0.39 is 42.2 Å². The molecule has 3 aliphatic rings. The van der Waals surface area contributed by atoms with E-state index >= 15 is 0 Å². The zero-order chi connectivity index (χ0) is 50.9. The Bertz CT molecular complexity index is 2740. The van der Waals surface area contributed by atoms with E-state index in [0.29, 0.717) is 45.4 Å². The number of ketones is 1. The van der Waals surface area contributed by atoms with Crippen LogP contribution in [0.3, 0.4) is 0 Å². The number of hydrogen-bond donors (Lipinski definition) is 3. The molecule has 7 rings (SSSR count). The number of aliphatic hydroxyl groups is 1. The Morgan fingerprint density at radius 3 is 1.96 bits per heavy atom. The lowest BCUT2D eigenvalue weighted by atomic mass is 9.79. The minimum absolute atomic E-state index is 0.133. The molecule has 2 aromatic heterocycles. The van der Waals surface area contributed by atoms with Gasteiger partial charge >= 0.3 is 23.9 Å². The largest absolute Gasteiger partial charge is 0.466 e. The van der Waals surface area contributed by atoms with E-state index in [9.17, 15) is 24.0 Å². The van der Waals surface area contributed by atoms with Crippen molar-refractivity contribution in [3.05, 3.63) is 115 Å². The van der Waals surface area contributed by atoms with Crippen LogP contribution < -0.4 is 11.1 Å². The number of nitrogens with zero attached hydrogens (tertiary/aromatic N) is 2. The average Bonchev–Trinajstić information content (AvgIpc) is 4.33. The second kappa shape index (κ2) is 26.1. The van der Waals surface area contributed by atoms with Crippen LogP contribution in [-0.4, -0.2) is 111 Å². The number of fused-ring (bicyclic) bond motifs is 2. The van der Waals surface area contributed by atoms with Crippen LogP contribution in [0.4, 0.5) is 5.69 Å². The van der Waals surface area contributed by atoms with Gasteiger partial charge in [0.1, 0.15) is 11.6 Å². The Kier molecular flexibility index (Phi) is 20.8. The summed E-state index contributed by atoms with van der Waals surface area (Å²) in [4.78, 5) is 64.9. The highest BCUT2D eigenvalue weighted by molar-refractivity contribution is 7.18. The molecular formula is C49H54N4O14S2. The summed E-state index contributed by atoms with van der Waals surface area (Å²) in [6.45, 7) is 7.51. The number of ether oxygens (including phenoxy) is 8. The standard InChI is InChI=1S/C24H24N2O6S.C17H15NO5S.C7H11NO2.CH4O/c1-25-15-8-6-7-13-14(11-33-21(13)15)16-17(22(27)29-2)19(12-9-10-12)26-20(24(31-4)32-5)18(16)23(28)30-3;1-21-16(20)13(14(19)17(22-2)23-3)7-11-9-24-15-10(8-18)5-4-6-12(11)15;1-10-7(9)4-6(8)5-2-3-5;1-2/h6-8,11-12,16,24,26H,9-10H2,2-5H3;4-7,9,17H,1-3H3;4-5H,2-3,8H2,1H3;2H,1H3/b;13-7-;6-4+;. The van der Waals surface area contributed by atoms with Crippen molar-refractivity contribution < 1.29 is 67.0 Å². The molecule has 18 nitrogen and oxygen atoms in total. The number of carbonyl (C=O) groups is 5. The summed E-state index contributed by atoms with van der Waals surface area (Å²) in [6.07, 6.45) is 4.75. The molecule has 1 atom stereocenters. The number of thiophene rings is 2. The highest BCUT2D eigenvalue weighted by atomic mass is 32.1. The monoisotopic (exact) mass is 986 g/mol. The van der Waals surface area contributed by atoms with Gasteiger partial charge in [-0.2, -0.15) is 16.6 Å². The van der Waals surface area contributed by atoms with Crippen LogP contribution in [0.5, 0.6) is 0 Å². The van der Waals surface area contributed by atoms with E-state index in [2.05, 4.69) is 21.0 Å². The van der Waals surface area contributed by atoms with Crippen LogP contribution in [0.15, 0.2) is 87.0 Å². The second-order valence-corrected chi connectivity index (χ2v) is 16.6. The van der Waals surface area contributed by atoms with Crippen LogP contribution in [-0.2, 0) is 61.9 Å². The minimum Gasteiger partial charge on any atom is -0.466 e. The number of nitriles is 1. The number of carbonyl (C=O) groups excluding carboxylic acids is 5. The van der Waals surface area contributed by atoms with E-state index in [0.717, 1.165) is 58.5 Å². The SMILES string of the molecule is CO.COC(=O)/C(=C\c1csc2c(C#N)cccc12)C(=O)C(OC)OC.COC(=O)/C=C(/N)C1CC1.[C-]#[N+]c1cccc2c(C3C(C(=O)OC)=C(C4CC4)NC(C(OC)OC)=C3C(=O)OC)csc12. The highest BCUT2D eigenvalue weighted by Gasteiger charge is 2.46. The molecule has 2 saturated carbocycles. The summed E-state index contributed by atoms with van der Waals surface area (Å²) in [5.41, 5.74) is 10.1. The molecule has 69 heavy (non-hydrogen) atoms. The number of dihydropyridines is 1. The van der Waals surface area contributed by atoms with Gasteiger partial charge in [0.15, 0.2) is 6.29 Å². The molecule has 1 unspecified atom stereocenters. The molecule has 0 spiro atoms. The van der Waals surface area contributed by atoms with Crippen molar-refractivity contribution >= 4 is 84.3 Å². The molecule has 2 aliphatic carbocycles. The maximum atomic E-state index is 13.2. The summed E-state index contributed by atoms with van der Waals surface area (Å²) in [5, 5.41) is 24.7. The predicted octanol–water partition coefficient (Wildman–Crippen LogP) is 6.56. The van der Waals surface area contributed by atoms with Crippen molar-refractivity contribution in [2.75, 3.05) is 64.0 Å². The first-order valence-electron chi connectivity index (χ1n) is 21.0. The lowest BCUT2D eigenvalue weighted by Crippen LogP contribution is -2.39. The number of Topliss-reactive ketones (excluding diaryl/α,β-unsaturated/α-hetero) is 1. The molecule has 0 amide bonds. The summed E-state index contributed by atoms with van der Waals surface area (Å²) in [7, 11) is 11.7. The van der Waals surface area contributed by atoms with Crippen LogP contribution in [0.2, 0.25) is 0 Å². The Hall–Kier alpha value is -6.75. The first kappa shape index (κ1) is 54.9. The van der Waals surface area contributed by atoms with Gasteiger partial charge in [-0.05, 0) is 76.9 Å². The van der Waals surface area contributed by atoms with Gasteiger partial charge < -0.3 is 54.1 Å². The number of hydrogen-bond acceptors (Lipinski definition) is 19. The lowest BCUT2D eigenvalue weighted by molar-refractivity contribution is -0.155. The molecule has 3 heterocycles. The quantitative estimate of drug-likeness (QED) is 0.0217.